The number of nitrogens with zero attached hydrogens (tertiary/aromatic N) is 3. The molecule has 1 aromatic heterocycles. The maximum atomic E-state index is 14.5. The van der Waals surface area contributed by atoms with Crippen LogP contribution in [0.25, 0.3) is 11.3 Å². The van der Waals surface area contributed by atoms with Crippen molar-refractivity contribution >= 4 is 21.9 Å². The van der Waals surface area contributed by atoms with Gasteiger partial charge in [-0.2, -0.15) is 4.98 Å². The lowest BCUT2D eigenvalue weighted by atomic mass is 9.70. The summed E-state index contributed by atoms with van der Waals surface area (Å²) in [7, 11) is -4.17. The van der Waals surface area contributed by atoms with E-state index in [1.807, 2.05) is 67.3 Å². The summed E-state index contributed by atoms with van der Waals surface area (Å²) in [6.45, 7) is 10.4. The Kier molecular flexibility index (Phi) is 8.61. The van der Waals surface area contributed by atoms with Gasteiger partial charge >= 0.3 is 0 Å². The first-order valence-electron chi connectivity index (χ1n) is 16.0. The first kappa shape index (κ1) is 32.7. The van der Waals surface area contributed by atoms with Crippen LogP contribution in [-0.4, -0.2) is 58.6 Å². The van der Waals surface area contributed by atoms with Gasteiger partial charge < -0.3 is 14.7 Å². The highest BCUT2D eigenvalue weighted by Gasteiger charge is 2.49. The Morgan fingerprint density at radius 1 is 0.957 bits per heavy atom. The fourth-order valence-corrected chi connectivity index (χ4v) is 7.89. The molecule has 1 aliphatic carbocycles. The highest BCUT2D eigenvalue weighted by molar-refractivity contribution is 7.92. The molecule has 0 spiro atoms. The van der Waals surface area contributed by atoms with Gasteiger partial charge in [-0.3, -0.25) is 4.79 Å². The third-order valence-corrected chi connectivity index (χ3v) is 10.3. The molecule has 4 aromatic rings. The van der Waals surface area contributed by atoms with Crippen molar-refractivity contribution < 1.29 is 23.1 Å². The second-order valence-electron chi connectivity index (χ2n) is 14.2. The van der Waals surface area contributed by atoms with Crippen molar-refractivity contribution in [3.8, 4) is 17.1 Å². The number of nitrogens with one attached hydrogen (secondary N) is 1. The van der Waals surface area contributed by atoms with Gasteiger partial charge in [-0.05, 0) is 73.4 Å². The number of aliphatic hydroxyl groups is 1. The Balaban J connectivity index is 1.44. The van der Waals surface area contributed by atoms with Crippen LogP contribution >= 0.6 is 0 Å². The van der Waals surface area contributed by atoms with E-state index >= 15 is 0 Å². The molecular formula is C37H42N4O5S. The molecule has 246 valence electrons. The normalized spacial score (nSPS) is 22.5. The van der Waals surface area contributed by atoms with Crippen LogP contribution in [0, 0.1) is 19.3 Å². The molecule has 0 saturated heterocycles. The predicted octanol–water partition coefficient (Wildman–Crippen LogP) is 6.34. The Morgan fingerprint density at radius 3 is 2.32 bits per heavy atom. The number of amides is 1. The molecule has 9 nitrogen and oxygen atoms in total. The number of carbonyl (C=O) groups is 1. The summed E-state index contributed by atoms with van der Waals surface area (Å²) in [4.78, 5) is 25.3. The van der Waals surface area contributed by atoms with Crippen molar-refractivity contribution in [1.29, 1.82) is 0 Å². The molecule has 0 unspecified atom stereocenters. The van der Waals surface area contributed by atoms with Gasteiger partial charge in [-0.1, -0.05) is 75.4 Å². The Bertz CT molecular complexity index is 1880. The quantitative estimate of drug-likeness (QED) is 0.258. The minimum absolute atomic E-state index is 0.0762. The summed E-state index contributed by atoms with van der Waals surface area (Å²) < 4.78 is 36.2. The molecule has 6 rings (SSSR count). The molecule has 1 amide bonds. The van der Waals surface area contributed by atoms with Gasteiger partial charge in [0.05, 0.1) is 22.2 Å². The molecular weight excluding hydrogens is 612 g/mol. The monoisotopic (exact) mass is 654 g/mol. The van der Waals surface area contributed by atoms with Gasteiger partial charge in [0.2, 0.25) is 11.8 Å². The molecule has 4 bridgehead atoms. The predicted molar refractivity (Wildman–Crippen MR) is 182 cm³/mol. The minimum atomic E-state index is -4.17. The average Bonchev–Trinajstić information content (AvgIpc) is 2.98. The Morgan fingerprint density at radius 2 is 1.64 bits per heavy atom. The number of hydrogen-bond donors (Lipinski definition) is 2. The van der Waals surface area contributed by atoms with E-state index in [2.05, 4.69) is 35.5 Å². The number of fused-ring (bicyclic) bond motifs is 4. The van der Waals surface area contributed by atoms with Gasteiger partial charge in [-0.15, -0.1) is 0 Å². The average molecular weight is 655 g/mol. The molecule has 2 N–H and O–H groups in total. The molecule has 47 heavy (non-hydrogen) atoms. The van der Waals surface area contributed by atoms with Crippen LogP contribution in [0.3, 0.4) is 0 Å². The SMILES string of the molecule is Cc1cccc(C)c1-c1cc2nc(n1)NS(=O)(=O)c1cccc(c1)C(=O)N([C@H]1C[C@@](O)(Cc3ccccc3)C1)[C@H](CC(C)(C)C)CO2. The molecule has 1 saturated carbocycles. The maximum absolute atomic E-state index is 14.5. The molecule has 1 aliphatic heterocycles. The van der Waals surface area contributed by atoms with Crippen molar-refractivity contribution in [2.75, 3.05) is 11.3 Å². The second kappa shape index (κ2) is 12.4. The summed E-state index contributed by atoms with van der Waals surface area (Å²) in [5.41, 5.74) is 3.47. The lowest BCUT2D eigenvalue weighted by Crippen LogP contribution is -2.61. The molecule has 0 radical (unpaired) electrons. The zero-order valence-electron chi connectivity index (χ0n) is 27.5. The third-order valence-electron chi connectivity index (χ3n) is 8.96. The van der Waals surface area contributed by atoms with Crippen LogP contribution in [0.4, 0.5) is 5.95 Å². The van der Waals surface area contributed by atoms with Gasteiger partial charge in [0, 0.05) is 29.7 Å². The summed E-state index contributed by atoms with van der Waals surface area (Å²) in [6.07, 6.45) is 1.87. The number of benzene rings is 3. The number of hydrogen-bond acceptors (Lipinski definition) is 7. The van der Waals surface area contributed by atoms with Crippen LogP contribution in [-0.2, 0) is 16.4 Å². The second-order valence-corrected chi connectivity index (χ2v) is 15.9. The number of sulfonamides is 1. The number of aromatic nitrogens is 2. The largest absolute Gasteiger partial charge is 0.475 e. The van der Waals surface area contributed by atoms with E-state index in [4.69, 9.17) is 4.74 Å². The number of aryl methyl sites for hydroxylation is 2. The smallest absolute Gasteiger partial charge is 0.264 e. The van der Waals surface area contributed by atoms with E-state index in [1.54, 1.807) is 18.2 Å². The van der Waals surface area contributed by atoms with Crippen LogP contribution < -0.4 is 9.46 Å². The summed E-state index contributed by atoms with van der Waals surface area (Å²) in [5.74, 6) is -0.230. The topological polar surface area (TPSA) is 122 Å². The Labute approximate surface area is 277 Å². The molecule has 1 atom stereocenters. The van der Waals surface area contributed by atoms with Crippen molar-refractivity contribution in [2.45, 2.75) is 82.9 Å². The highest BCUT2D eigenvalue weighted by Crippen LogP contribution is 2.42. The number of carbonyl (C=O) groups excluding carboxylic acids is 1. The maximum Gasteiger partial charge on any atom is 0.264 e. The number of anilines is 1. The Hall–Kier alpha value is -4.28. The van der Waals surface area contributed by atoms with E-state index in [9.17, 15) is 18.3 Å². The molecule has 10 heteroatoms. The molecule has 2 heterocycles. The first-order valence-corrected chi connectivity index (χ1v) is 17.5. The van der Waals surface area contributed by atoms with Crippen LogP contribution in [0.15, 0.2) is 83.8 Å². The molecule has 1 fully saturated rings. The van der Waals surface area contributed by atoms with E-state index in [-0.39, 0.29) is 46.3 Å². The van der Waals surface area contributed by atoms with Crippen molar-refractivity contribution in [3.63, 3.8) is 0 Å². The van der Waals surface area contributed by atoms with Crippen LogP contribution in [0.2, 0.25) is 0 Å². The molecule has 2 aliphatic rings. The number of rotatable bonds is 5. The lowest BCUT2D eigenvalue weighted by molar-refractivity contribution is -0.0952. The highest BCUT2D eigenvalue weighted by atomic mass is 32.2. The van der Waals surface area contributed by atoms with E-state index in [0.717, 1.165) is 22.3 Å². The summed E-state index contributed by atoms with van der Waals surface area (Å²) in [6, 6.07) is 22.8. The van der Waals surface area contributed by atoms with E-state index in [1.165, 1.54) is 12.1 Å². The van der Waals surface area contributed by atoms with Crippen molar-refractivity contribution in [2.24, 2.45) is 5.41 Å². The summed E-state index contributed by atoms with van der Waals surface area (Å²) >= 11 is 0. The van der Waals surface area contributed by atoms with Gasteiger partial charge in [0.1, 0.15) is 6.61 Å². The minimum Gasteiger partial charge on any atom is -0.475 e. The first-order chi connectivity index (χ1) is 22.2. The van der Waals surface area contributed by atoms with Crippen molar-refractivity contribution in [1.82, 2.24) is 14.9 Å². The number of ether oxygens (including phenoxy) is 1. The zero-order chi connectivity index (χ0) is 33.6. The fraction of sp³-hybridized carbons (Fsp3) is 0.378. The van der Waals surface area contributed by atoms with Crippen molar-refractivity contribution in [3.05, 3.63) is 101 Å². The van der Waals surface area contributed by atoms with E-state index < -0.39 is 21.7 Å². The molecule has 3 aromatic carbocycles. The van der Waals surface area contributed by atoms with Crippen LogP contribution in [0.1, 0.15) is 67.1 Å². The zero-order valence-corrected chi connectivity index (χ0v) is 28.3. The van der Waals surface area contributed by atoms with E-state index in [0.29, 0.717) is 31.4 Å². The van der Waals surface area contributed by atoms with Gasteiger partial charge in [-0.25, -0.2) is 18.1 Å². The third kappa shape index (κ3) is 7.18. The van der Waals surface area contributed by atoms with Gasteiger partial charge in [0.25, 0.3) is 15.9 Å². The van der Waals surface area contributed by atoms with Crippen LogP contribution in [0.5, 0.6) is 5.88 Å². The van der Waals surface area contributed by atoms with Gasteiger partial charge in [0.15, 0.2) is 0 Å². The standard InChI is InChI=1S/C37H42N4O5S/c1-24-11-9-12-25(2)33(24)31-18-32-39-35(38-31)40-47(44,45)30-16-10-15-27(17-30)34(42)41(29(23-46-32)20-36(3,4)5)28-21-37(43,22-28)19-26-13-7-6-8-14-26/h6-18,28-29,43H,19-23H2,1-5H3,(H,38,39,40)/t28-,29-,37-/m1/s1. The fourth-order valence-electron chi connectivity index (χ4n) is 6.91. The lowest BCUT2D eigenvalue weighted by Gasteiger charge is -2.51. The summed E-state index contributed by atoms with van der Waals surface area (Å²) in [5, 5.41) is 11.5.